The standard InChI is InChI=1S/C10H9NO2S/c1-13-9-5-3-2-4-8(9)11-10(12)6-7-14-11/h2-7H,1H3. The molecule has 3 nitrogen and oxygen atoms in total. The highest BCUT2D eigenvalue weighted by atomic mass is 32.1. The van der Waals surface area contributed by atoms with Gasteiger partial charge in [0.2, 0.25) is 0 Å². The molecule has 1 aromatic carbocycles. The third-order valence-corrected chi connectivity index (χ3v) is 2.73. The maximum atomic E-state index is 11.4. The Balaban J connectivity index is 2.62. The highest BCUT2D eigenvalue weighted by Gasteiger charge is 2.05. The van der Waals surface area contributed by atoms with Crippen LogP contribution in [-0.4, -0.2) is 11.1 Å². The molecule has 0 aliphatic heterocycles. The van der Waals surface area contributed by atoms with Gasteiger partial charge in [-0.15, -0.1) is 0 Å². The number of nitrogens with zero attached hydrogens (tertiary/aromatic N) is 1. The lowest BCUT2D eigenvalue weighted by molar-refractivity contribution is 0.413. The molecule has 0 spiro atoms. The van der Waals surface area contributed by atoms with E-state index in [-0.39, 0.29) is 5.56 Å². The summed E-state index contributed by atoms with van der Waals surface area (Å²) >= 11 is 1.36. The lowest BCUT2D eigenvalue weighted by atomic mass is 10.3. The molecule has 0 saturated carbocycles. The van der Waals surface area contributed by atoms with E-state index < -0.39 is 0 Å². The Morgan fingerprint density at radius 3 is 2.71 bits per heavy atom. The van der Waals surface area contributed by atoms with Crippen LogP contribution >= 0.6 is 11.5 Å². The highest BCUT2D eigenvalue weighted by molar-refractivity contribution is 7.04. The quantitative estimate of drug-likeness (QED) is 0.753. The summed E-state index contributed by atoms with van der Waals surface area (Å²) in [5.74, 6) is 0.706. The summed E-state index contributed by atoms with van der Waals surface area (Å²) in [6.45, 7) is 0. The summed E-state index contributed by atoms with van der Waals surface area (Å²) in [6.07, 6.45) is 0. The Kier molecular flexibility index (Phi) is 2.37. The second kappa shape index (κ2) is 3.67. The monoisotopic (exact) mass is 207 g/mol. The first-order valence-electron chi connectivity index (χ1n) is 4.13. The minimum atomic E-state index is -0.0282. The molecule has 0 N–H and O–H groups in total. The van der Waals surface area contributed by atoms with Gasteiger partial charge in [-0.25, -0.2) is 3.96 Å². The SMILES string of the molecule is COc1ccccc1-n1sccc1=O. The van der Waals surface area contributed by atoms with E-state index in [1.807, 2.05) is 24.3 Å². The van der Waals surface area contributed by atoms with Gasteiger partial charge in [-0.05, 0) is 12.1 Å². The molecule has 0 unspecified atom stereocenters. The van der Waals surface area contributed by atoms with E-state index in [1.165, 1.54) is 17.6 Å². The largest absolute Gasteiger partial charge is 0.495 e. The average molecular weight is 207 g/mol. The van der Waals surface area contributed by atoms with E-state index in [9.17, 15) is 4.79 Å². The summed E-state index contributed by atoms with van der Waals surface area (Å²) in [5.41, 5.74) is 0.759. The number of aromatic nitrogens is 1. The van der Waals surface area contributed by atoms with Crippen molar-refractivity contribution in [1.29, 1.82) is 0 Å². The van der Waals surface area contributed by atoms with Gasteiger partial charge in [0.15, 0.2) is 0 Å². The first-order chi connectivity index (χ1) is 6.83. The van der Waals surface area contributed by atoms with Crippen LogP contribution in [0.5, 0.6) is 5.75 Å². The molecule has 14 heavy (non-hydrogen) atoms. The smallest absolute Gasteiger partial charge is 0.265 e. The Bertz CT molecular complexity index is 487. The van der Waals surface area contributed by atoms with Gasteiger partial charge in [0.05, 0.1) is 7.11 Å². The van der Waals surface area contributed by atoms with Crippen molar-refractivity contribution in [2.75, 3.05) is 7.11 Å². The molecule has 0 aliphatic carbocycles. The minimum absolute atomic E-state index is 0.0282. The third kappa shape index (κ3) is 1.44. The molecule has 1 heterocycles. The predicted octanol–water partition coefficient (Wildman–Crippen LogP) is 1.91. The van der Waals surface area contributed by atoms with E-state index in [2.05, 4.69) is 0 Å². The van der Waals surface area contributed by atoms with Crippen LogP contribution in [0.2, 0.25) is 0 Å². The van der Waals surface area contributed by atoms with Gasteiger partial charge in [-0.1, -0.05) is 23.7 Å². The number of benzene rings is 1. The predicted molar refractivity (Wildman–Crippen MR) is 56.5 cm³/mol. The minimum Gasteiger partial charge on any atom is -0.495 e. The first kappa shape index (κ1) is 9.02. The van der Waals surface area contributed by atoms with Crippen LogP contribution in [0.1, 0.15) is 0 Å². The molecule has 0 amide bonds. The van der Waals surface area contributed by atoms with Gasteiger partial charge in [0.1, 0.15) is 11.4 Å². The van der Waals surface area contributed by atoms with Crippen molar-refractivity contribution in [3.05, 3.63) is 46.1 Å². The molecule has 0 aliphatic rings. The van der Waals surface area contributed by atoms with Gasteiger partial charge >= 0.3 is 0 Å². The van der Waals surface area contributed by atoms with Crippen molar-refractivity contribution < 1.29 is 4.74 Å². The topological polar surface area (TPSA) is 31.2 Å². The Labute approximate surface area is 85.3 Å². The zero-order valence-corrected chi connectivity index (χ0v) is 8.45. The van der Waals surface area contributed by atoms with E-state index >= 15 is 0 Å². The number of para-hydroxylation sites is 2. The maximum absolute atomic E-state index is 11.4. The number of rotatable bonds is 2. The zero-order chi connectivity index (χ0) is 9.97. The van der Waals surface area contributed by atoms with Crippen molar-refractivity contribution in [1.82, 2.24) is 3.96 Å². The summed E-state index contributed by atoms with van der Waals surface area (Å²) in [6, 6.07) is 8.99. The first-order valence-corrected chi connectivity index (χ1v) is 4.97. The van der Waals surface area contributed by atoms with Gasteiger partial charge in [0.25, 0.3) is 5.56 Å². The Morgan fingerprint density at radius 2 is 2.07 bits per heavy atom. The van der Waals surface area contributed by atoms with Crippen molar-refractivity contribution >= 4 is 11.5 Å². The fourth-order valence-corrected chi connectivity index (χ4v) is 1.97. The fourth-order valence-electron chi connectivity index (χ4n) is 1.24. The van der Waals surface area contributed by atoms with Crippen molar-refractivity contribution in [2.24, 2.45) is 0 Å². The molecule has 0 atom stereocenters. The number of hydrogen-bond donors (Lipinski definition) is 0. The van der Waals surface area contributed by atoms with Crippen LogP contribution < -0.4 is 10.3 Å². The van der Waals surface area contributed by atoms with Crippen molar-refractivity contribution in [3.8, 4) is 11.4 Å². The van der Waals surface area contributed by atoms with Gasteiger partial charge < -0.3 is 4.74 Å². The molecule has 2 rings (SSSR count). The molecular formula is C10H9NO2S. The van der Waals surface area contributed by atoms with Crippen LogP contribution in [-0.2, 0) is 0 Å². The number of methoxy groups -OCH3 is 1. The van der Waals surface area contributed by atoms with Crippen LogP contribution in [0.25, 0.3) is 5.69 Å². The molecule has 4 heteroatoms. The van der Waals surface area contributed by atoms with Gasteiger partial charge in [-0.3, -0.25) is 4.79 Å². The second-order valence-electron chi connectivity index (χ2n) is 2.71. The summed E-state index contributed by atoms with van der Waals surface area (Å²) < 4.78 is 6.77. The number of ether oxygens (including phenoxy) is 1. The normalized spacial score (nSPS) is 10.1. The third-order valence-electron chi connectivity index (χ3n) is 1.88. The molecule has 0 fully saturated rings. The fraction of sp³-hybridized carbons (Fsp3) is 0.100. The lowest BCUT2D eigenvalue weighted by Crippen LogP contribution is -2.10. The van der Waals surface area contributed by atoms with Crippen molar-refractivity contribution in [3.63, 3.8) is 0 Å². The second-order valence-corrected chi connectivity index (χ2v) is 3.56. The lowest BCUT2D eigenvalue weighted by Gasteiger charge is -2.06. The highest BCUT2D eigenvalue weighted by Crippen LogP contribution is 2.21. The van der Waals surface area contributed by atoms with Crippen LogP contribution in [0.15, 0.2) is 40.5 Å². The van der Waals surface area contributed by atoms with Crippen LogP contribution in [0.4, 0.5) is 0 Å². The van der Waals surface area contributed by atoms with Gasteiger partial charge in [-0.2, -0.15) is 0 Å². The van der Waals surface area contributed by atoms with E-state index in [0.29, 0.717) is 5.75 Å². The molecular weight excluding hydrogens is 198 g/mol. The molecule has 0 bridgehead atoms. The molecule has 0 saturated heterocycles. The summed E-state index contributed by atoms with van der Waals surface area (Å²) in [4.78, 5) is 11.4. The Morgan fingerprint density at radius 1 is 1.29 bits per heavy atom. The zero-order valence-electron chi connectivity index (χ0n) is 7.64. The van der Waals surface area contributed by atoms with E-state index in [0.717, 1.165) is 5.69 Å². The van der Waals surface area contributed by atoms with E-state index in [1.54, 1.807) is 16.4 Å². The molecule has 2 aromatic rings. The van der Waals surface area contributed by atoms with Gasteiger partial charge in [0, 0.05) is 11.4 Å². The average Bonchev–Trinajstić information content (AvgIpc) is 2.64. The van der Waals surface area contributed by atoms with E-state index in [4.69, 9.17) is 4.74 Å². The summed E-state index contributed by atoms with van der Waals surface area (Å²) in [5, 5.41) is 1.76. The molecule has 1 aromatic heterocycles. The Hall–Kier alpha value is -1.55. The maximum Gasteiger partial charge on any atom is 0.265 e. The molecule has 72 valence electrons. The molecule has 0 radical (unpaired) electrons. The van der Waals surface area contributed by atoms with Crippen LogP contribution in [0.3, 0.4) is 0 Å². The number of hydrogen-bond acceptors (Lipinski definition) is 3. The van der Waals surface area contributed by atoms with Crippen LogP contribution in [0, 0.1) is 0 Å². The summed E-state index contributed by atoms with van der Waals surface area (Å²) in [7, 11) is 1.59. The van der Waals surface area contributed by atoms with Crippen molar-refractivity contribution in [2.45, 2.75) is 0 Å².